The molecule has 7 nitrogen and oxygen atoms in total. The molecule has 0 aliphatic carbocycles. The van der Waals surface area contributed by atoms with E-state index in [2.05, 4.69) is 15.2 Å². The van der Waals surface area contributed by atoms with Crippen molar-refractivity contribution in [2.24, 2.45) is 4.99 Å². The van der Waals surface area contributed by atoms with Crippen molar-refractivity contribution in [1.29, 1.82) is 0 Å². The number of carbonyl (C=O) groups excluding carboxylic acids is 1. The highest BCUT2D eigenvalue weighted by molar-refractivity contribution is 5.91. The largest absolute Gasteiger partial charge is 0.459 e. The van der Waals surface area contributed by atoms with Gasteiger partial charge in [0.15, 0.2) is 11.7 Å². The first kappa shape index (κ1) is 19.9. The molecule has 1 fully saturated rings. The maximum Gasteiger partial charge on any atom is 0.289 e. The Hall–Kier alpha value is -2.87. The van der Waals surface area contributed by atoms with Crippen LogP contribution in [0.5, 0.6) is 0 Å². The van der Waals surface area contributed by atoms with E-state index in [1.807, 2.05) is 6.92 Å². The molecule has 0 saturated carbocycles. The van der Waals surface area contributed by atoms with Gasteiger partial charge in [0.25, 0.3) is 5.91 Å². The second-order valence-corrected chi connectivity index (χ2v) is 6.52. The molecule has 1 aromatic heterocycles. The predicted octanol–water partition coefficient (Wildman–Crippen LogP) is 1.88. The van der Waals surface area contributed by atoms with Crippen molar-refractivity contribution < 1.29 is 18.7 Å². The molecule has 8 heteroatoms. The molecule has 3 rings (SSSR count). The Balaban J connectivity index is 1.58. The Bertz CT molecular complexity index is 784. The van der Waals surface area contributed by atoms with E-state index < -0.39 is 6.10 Å². The zero-order valence-corrected chi connectivity index (χ0v) is 15.8. The van der Waals surface area contributed by atoms with Gasteiger partial charge in [-0.25, -0.2) is 4.39 Å². The van der Waals surface area contributed by atoms with E-state index in [0.29, 0.717) is 50.0 Å². The van der Waals surface area contributed by atoms with Gasteiger partial charge in [0.1, 0.15) is 5.82 Å². The average molecular weight is 388 g/mol. The summed E-state index contributed by atoms with van der Waals surface area (Å²) in [5, 5.41) is 13.5. The number of guanidine groups is 1. The monoisotopic (exact) mass is 388 g/mol. The van der Waals surface area contributed by atoms with Crippen molar-refractivity contribution in [3.8, 4) is 0 Å². The van der Waals surface area contributed by atoms with Crippen molar-refractivity contribution in [3.05, 3.63) is 59.8 Å². The van der Waals surface area contributed by atoms with Gasteiger partial charge in [0, 0.05) is 32.7 Å². The fraction of sp³-hybridized carbons (Fsp3) is 0.400. The first-order chi connectivity index (χ1) is 13.6. The number of aliphatic hydroxyl groups is 1. The Labute approximate surface area is 163 Å². The Kier molecular flexibility index (Phi) is 6.65. The Morgan fingerprint density at radius 3 is 2.50 bits per heavy atom. The SMILES string of the molecule is CCNC(=NCC(O)c1ccc(F)cc1)N1CCN(C(=O)c2ccco2)CC1. The highest BCUT2D eigenvalue weighted by Gasteiger charge is 2.25. The Morgan fingerprint density at radius 1 is 1.21 bits per heavy atom. The van der Waals surface area contributed by atoms with Gasteiger partial charge < -0.3 is 24.6 Å². The standard InChI is InChI=1S/C20H25FN4O3/c1-2-22-20(23-14-17(26)15-5-7-16(21)8-6-15)25-11-9-24(10-12-25)19(27)18-4-3-13-28-18/h3-8,13,17,26H,2,9-12,14H2,1H3,(H,22,23). The summed E-state index contributed by atoms with van der Waals surface area (Å²) >= 11 is 0. The van der Waals surface area contributed by atoms with E-state index in [-0.39, 0.29) is 18.3 Å². The molecular weight excluding hydrogens is 363 g/mol. The number of furan rings is 1. The molecule has 0 radical (unpaired) electrons. The molecule has 2 aromatic rings. The minimum Gasteiger partial charge on any atom is -0.459 e. The van der Waals surface area contributed by atoms with Crippen LogP contribution < -0.4 is 5.32 Å². The lowest BCUT2D eigenvalue weighted by atomic mass is 10.1. The van der Waals surface area contributed by atoms with Crippen LogP contribution in [0, 0.1) is 5.82 Å². The minimum atomic E-state index is -0.809. The fourth-order valence-corrected chi connectivity index (χ4v) is 3.07. The lowest BCUT2D eigenvalue weighted by molar-refractivity contribution is 0.0657. The normalized spacial score (nSPS) is 16.2. The predicted molar refractivity (Wildman–Crippen MR) is 104 cm³/mol. The number of piperazine rings is 1. The van der Waals surface area contributed by atoms with Crippen molar-refractivity contribution in [3.63, 3.8) is 0 Å². The maximum atomic E-state index is 13.0. The summed E-state index contributed by atoms with van der Waals surface area (Å²) in [5.41, 5.74) is 0.620. The van der Waals surface area contributed by atoms with Gasteiger partial charge in [-0.3, -0.25) is 9.79 Å². The van der Waals surface area contributed by atoms with Gasteiger partial charge >= 0.3 is 0 Å². The maximum absolute atomic E-state index is 13.0. The van der Waals surface area contributed by atoms with E-state index in [1.165, 1.54) is 18.4 Å². The molecule has 28 heavy (non-hydrogen) atoms. The lowest BCUT2D eigenvalue weighted by Gasteiger charge is -2.36. The topological polar surface area (TPSA) is 81.3 Å². The molecular formula is C20H25FN4O3. The molecule has 1 saturated heterocycles. The molecule has 150 valence electrons. The highest BCUT2D eigenvalue weighted by Crippen LogP contribution is 2.14. The van der Waals surface area contributed by atoms with Gasteiger partial charge in [-0.2, -0.15) is 0 Å². The van der Waals surface area contributed by atoms with Gasteiger partial charge in [0.05, 0.1) is 18.9 Å². The number of carbonyl (C=O) groups is 1. The highest BCUT2D eigenvalue weighted by atomic mass is 19.1. The first-order valence-corrected chi connectivity index (χ1v) is 9.38. The quantitative estimate of drug-likeness (QED) is 0.604. The molecule has 0 bridgehead atoms. The number of aliphatic hydroxyl groups excluding tert-OH is 1. The van der Waals surface area contributed by atoms with Gasteiger partial charge in [-0.15, -0.1) is 0 Å². The number of rotatable bonds is 5. The number of amides is 1. The van der Waals surface area contributed by atoms with Crippen LogP contribution in [0.25, 0.3) is 0 Å². The van der Waals surface area contributed by atoms with Crippen molar-refractivity contribution in [1.82, 2.24) is 15.1 Å². The minimum absolute atomic E-state index is 0.113. The summed E-state index contributed by atoms with van der Waals surface area (Å²) in [5.74, 6) is 0.582. The van der Waals surface area contributed by atoms with Crippen molar-refractivity contribution in [2.45, 2.75) is 13.0 Å². The van der Waals surface area contributed by atoms with E-state index in [4.69, 9.17) is 4.42 Å². The number of nitrogens with one attached hydrogen (secondary N) is 1. The van der Waals surface area contributed by atoms with Crippen LogP contribution in [-0.2, 0) is 0 Å². The summed E-state index contributed by atoms with van der Waals surface area (Å²) in [6.45, 7) is 5.21. The summed E-state index contributed by atoms with van der Waals surface area (Å²) < 4.78 is 18.2. The summed E-state index contributed by atoms with van der Waals surface area (Å²) in [7, 11) is 0. The number of hydrogen-bond acceptors (Lipinski definition) is 4. The van der Waals surface area contributed by atoms with Crippen LogP contribution in [0.3, 0.4) is 0 Å². The molecule has 2 heterocycles. The van der Waals surface area contributed by atoms with Crippen LogP contribution in [-0.4, -0.2) is 66.0 Å². The zero-order chi connectivity index (χ0) is 19.9. The third kappa shape index (κ3) is 4.89. The van der Waals surface area contributed by atoms with Crippen LogP contribution in [0.2, 0.25) is 0 Å². The first-order valence-electron chi connectivity index (χ1n) is 9.38. The number of hydrogen-bond donors (Lipinski definition) is 2. The third-order valence-electron chi connectivity index (χ3n) is 4.60. The van der Waals surface area contributed by atoms with E-state index in [1.54, 1.807) is 29.2 Å². The number of nitrogens with zero attached hydrogens (tertiary/aromatic N) is 3. The second kappa shape index (κ2) is 9.36. The molecule has 1 amide bonds. The number of aliphatic imine (C=N–C) groups is 1. The summed E-state index contributed by atoms with van der Waals surface area (Å²) in [6.07, 6.45) is 0.683. The average Bonchev–Trinajstić information content (AvgIpc) is 3.26. The van der Waals surface area contributed by atoms with Gasteiger partial charge in [0.2, 0.25) is 0 Å². The van der Waals surface area contributed by atoms with Crippen molar-refractivity contribution in [2.75, 3.05) is 39.3 Å². The van der Waals surface area contributed by atoms with Crippen LogP contribution >= 0.6 is 0 Å². The van der Waals surface area contributed by atoms with Crippen LogP contribution in [0.1, 0.15) is 29.1 Å². The van der Waals surface area contributed by atoms with E-state index in [9.17, 15) is 14.3 Å². The third-order valence-corrected chi connectivity index (χ3v) is 4.60. The van der Waals surface area contributed by atoms with E-state index in [0.717, 1.165) is 0 Å². The lowest BCUT2D eigenvalue weighted by Crippen LogP contribution is -2.53. The molecule has 0 spiro atoms. The Morgan fingerprint density at radius 2 is 1.89 bits per heavy atom. The molecule has 2 N–H and O–H groups in total. The molecule has 1 aliphatic heterocycles. The number of benzene rings is 1. The van der Waals surface area contributed by atoms with Gasteiger partial charge in [-0.05, 0) is 36.8 Å². The molecule has 1 aliphatic rings. The van der Waals surface area contributed by atoms with Gasteiger partial charge in [-0.1, -0.05) is 12.1 Å². The molecule has 1 aromatic carbocycles. The van der Waals surface area contributed by atoms with Crippen LogP contribution in [0.15, 0.2) is 52.1 Å². The smallest absolute Gasteiger partial charge is 0.289 e. The van der Waals surface area contributed by atoms with Crippen molar-refractivity contribution >= 4 is 11.9 Å². The van der Waals surface area contributed by atoms with E-state index >= 15 is 0 Å². The molecule has 1 atom stereocenters. The molecule has 1 unspecified atom stereocenters. The summed E-state index contributed by atoms with van der Waals surface area (Å²) in [6, 6.07) is 9.12. The zero-order valence-electron chi connectivity index (χ0n) is 15.8. The fourth-order valence-electron chi connectivity index (χ4n) is 3.07. The van der Waals surface area contributed by atoms with Crippen LogP contribution in [0.4, 0.5) is 4.39 Å². The second-order valence-electron chi connectivity index (χ2n) is 6.52. The number of halogens is 1. The summed E-state index contributed by atoms with van der Waals surface area (Å²) in [4.78, 5) is 20.7.